The lowest BCUT2D eigenvalue weighted by Crippen LogP contribution is -2.44. The van der Waals surface area contributed by atoms with E-state index in [2.05, 4.69) is 66.2 Å². The van der Waals surface area contributed by atoms with Gasteiger partial charge in [-0.25, -0.2) is 34.9 Å². The van der Waals surface area contributed by atoms with Crippen molar-refractivity contribution in [3.05, 3.63) is 12.2 Å². The molecule has 0 aromatic heterocycles. The number of guanidine groups is 8. The smallest absolute Gasteiger partial charge is 0.305 e. The van der Waals surface area contributed by atoms with Gasteiger partial charge < -0.3 is 75.5 Å². The number of ether oxygens (including phenoxy) is 4. The van der Waals surface area contributed by atoms with E-state index in [-0.39, 0.29) is 189 Å². The van der Waals surface area contributed by atoms with Crippen molar-refractivity contribution in [1.82, 2.24) is 26.2 Å². The summed E-state index contributed by atoms with van der Waals surface area (Å²) in [6.07, 6.45) is 4.71. The third-order valence-electron chi connectivity index (χ3n) is 8.15. The Balaban J connectivity index is 4.70. The Morgan fingerprint density at radius 1 is 0.493 bits per heavy atom. The lowest BCUT2D eigenvalue weighted by atomic mass is 10.2. The Morgan fingerprint density at radius 2 is 0.822 bits per heavy atom. The molecule has 23 N–H and O–H groups in total. The number of nitrogens with zero attached hydrogens (tertiary/aromatic N) is 10. The molecule has 0 bridgehead atoms. The molecule has 33 heteroatoms. The highest BCUT2D eigenvalue weighted by Gasteiger charge is 2.13. The fraction of sp³-hybridized carbons (Fsp3) is 0.575. The van der Waals surface area contributed by atoms with Gasteiger partial charge in [0.1, 0.15) is 45.6 Å². The normalized spacial score (nSPS) is 13.3. The van der Waals surface area contributed by atoms with Crippen LogP contribution >= 0.6 is 0 Å². The van der Waals surface area contributed by atoms with Crippen LogP contribution in [0.1, 0.15) is 71.6 Å². The first-order valence-corrected chi connectivity index (χ1v) is 22.6. The average Bonchev–Trinajstić information content (AvgIpc) is 3.31. The van der Waals surface area contributed by atoms with Gasteiger partial charge in [-0.15, -0.1) is 0 Å². The molecular weight excluding hydrogens is 961 g/mol. The highest BCUT2D eigenvalue weighted by atomic mass is 16.5. The molecule has 0 rings (SSSR count). The van der Waals surface area contributed by atoms with E-state index < -0.39 is 23.9 Å². The Morgan fingerprint density at radius 3 is 1.15 bits per heavy atom. The van der Waals surface area contributed by atoms with Crippen molar-refractivity contribution < 1.29 is 42.9 Å². The Hall–Kier alpha value is -8.81. The van der Waals surface area contributed by atoms with E-state index in [9.17, 15) is 24.0 Å². The molecule has 0 aliphatic heterocycles. The molecule has 0 saturated carbocycles. The highest BCUT2D eigenvalue weighted by Crippen LogP contribution is 2.02. The van der Waals surface area contributed by atoms with E-state index in [1.165, 1.54) is 11.9 Å². The zero-order chi connectivity index (χ0) is 54.8. The van der Waals surface area contributed by atoms with E-state index in [1.54, 1.807) is 13.0 Å². The third-order valence-corrected chi connectivity index (χ3v) is 8.15. The number of nitrogens with two attached hydrogens (primary N) is 9. The maximum absolute atomic E-state index is 13.0. The van der Waals surface area contributed by atoms with Crippen LogP contribution in [0.3, 0.4) is 0 Å². The van der Waals surface area contributed by atoms with Gasteiger partial charge >= 0.3 is 23.9 Å². The Labute approximate surface area is 422 Å². The number of esters is 4. The van der Waals surface area contributed by atoms with E-state index in [4.69, 9.17) is 76.0 Å². The highest BCUT2D eigenvalue weighted by molar-refractivity contribution is 5.99. The summed E-state index contributed by atoms with van der Waals surface area (Å²) in [6, 6.07) is 0. The number of aliphatic imine (C=N–C) groups is 9. The molecule has 0 aromatic carbocycles. The molecule has 0 saturated heterocycles. The predicted octanol–water partition coefficient (Wildman–Crippen LogP) is -5.15. The number of allylic oxidation sites excluding steroid dienone is 1. The van der Waals surface area contributed by atoms with Gasteiger partial charge in [0.05, 0.1) is 32.0 Å². The van der Waals surface area contributed by atoms with E-state index in [0.717, 1.165) is 0 Å². The van der Waals surface area contributed by atoms with E-state index in [0.29, 0.717) is 6.42 Å². The molecule has 73 heavy (non-hydrogen) atoms. The van der Waals surface area contributed by atoms with Gasteiger partial charge in [0.15, 0.2) is 47.7 Å². The fourth-order valence-electron chi connectivity index (χ4n) is 4.76. The van der Waals surface area contributed by atoms with Crippen molar-refractivity contribution in [2.24, 2.45) is 96.5 Å². The van der Waals surface area contributed by atoms with Gasteiger partial charge in [-0.2, -0.15) is 0 Å². The van der Waals surface area contributed by atoms with Crippen LogP contribution < -0.4 is 72.9 Å². The van der Waals surface area contributed by atoms with Crippen molar-refractivity contribution >= 4 is 89.1 Å². The van der Waals surface area contributed by atoms with Gasteiger partial charge in [0, 0.05) is 52.1 Å². The molecule has 33 nitrogen and oxygen atoms in total. The van der Waals surface area contributed by atoms with Crippen LogP contribution in [0.5, 0.6) is 0 Å². The average molecular weight is 1040 g/mol. The zero-order valence-corrected chi connectivity index (χ0v) is 41.6. The van der Waals surface area contributed by atoms with Crippen molar-refractivity contribution in [1.29, 1.82) is 5.41 Å². The molecule has 0 fully saturated rings. The van der Waals surface area contributed by atoms with Crippen LogP contribution in [0.2, 0.25) is 0 Å². The molecular formula is C40H74N24O9. The van der Waals surface area contributed by atoms with Gasteiger partial charge in [-0.05, 0) is 26.2 Å². The minimum absolute atomic E-state index is 0.0129. The second kappa shape index (κ2) is 40.0. The summed E-state index contributed by atoms with van der Waals surface area (Å²) in [7, 11) is 1.47. The van der Waals surface area contributed by atoms with Gasteiger partial charge in [0.2, 0.25) is 5.91 Å². The van der Waals surface area contributed by atoms with E-state index >= 15 is 0 Å². The van der Waals surface area contributed by atoms with Gasteiger partial charge in [-0.3, -0.25) is 60.6 Å². The van der Waals surface area contributed by atoms with Crippen LogP contribution in [0.4, 0.5) is 0 Å². The zero-order valence-electron chi connectivity index (χ0n) is 41.6. The molecule has 0 aliphatic carbocycles. The van der Waals surface area contributed by atoms with Crippen LogP contribution in [-0.2, 0) is 42.9 Å². The largest absolute Gasteiger partial charge is 0.464 e. The van der Waals surface area contributed by atoms with Gasteiger partial charge in [-0.1, -0.05) is 19.1 Å². The van der Waals surface area contributed by atoms with Crippen molar-refractivity contribution in [2.75, 3.05) is 79.5 Å². The number of rotatable bonds is 30. The standard InChI is InChI=1S/C40H74N24O9/c1-4-5-6-9-28(65)64(24-57-39(49)62-37(47)55-18-22-72-31(68)12-7-10-29(66)70-20-16-53-35(45)60-33(43)51-3)25-58-40(50)63-38(48)56-19-23-73-32(69)13-8-11-30(67)71-21-17-54-36(46)61-34(44)52-15-14-27(42)59-26(2)41/h5-6H,4,7-25H2,1-3H3,(H3,41,42,59)(H5,43,45,51,53,60)(H5,44,46,52,54,61)(H5,47,49,55,57,62)(H5,48,50,56,58,63)/b6-5-. The second-order valence-corrected chi connectivity index (χ2v) is 14.4. The molecule has 0 atom stereocenters. The minimum Gasteiger partial charge on any atom is -0.464 e. The molecule has 0 heterocycles. The summed E-state index contributed by atoms with van der Waals surface area (Å²) >= 11 is 0. The molecule has 0 radical (unpaired) electrons. The van der Waals surface area contributed by atoms with Crippen molar-refractivity contribution in [3.63, 3.8) is 0 Å². The number of hydrogen-bond acceptors (Lipinski definition) is 18. The molecule has 0 spiro atoms. The quantitative estimate of drug-likeness (QED) is 0.00799. The minimum atomic E-state index is -0.569. The summed E-state index contributed by atoms with van der Waals surface area (Å²) in [5, 5.41) is 17.9. The number of nitrogens with one attached hydrogen (secondary N) is 5. The molecule has 1 amide bonds. The van der Waals surface area contributed by atoms with Crippen LogP contribution in [-0.4, -0.2) is 174 Å². The third kappa shape index (κ3) is 38.7. The van der Waals surface area contributed by atoms with E-state index in [1.807, 2.05) is 13.0 Å². The fourth-order valence-corrected chi connectivity index (χ4v) is 4.76. The number of hydrogen-bond donors (Lipinski definition) is 14. The maximum atomic E-state index is 13.0. The molecule has 0 aromatic rings. The lowest BCUT2D eigenvalue weighted by molar-refractivity contribution is -0.147. The van der Waals surface area contributed by atoms with Crippen LogP contribution in [0.25, 0.3) is 0 Å². The lowest BCUT2D eigenvalue weighted by Gasteiger charge is -2.18. The molecule has 408 valence electrons. The van der Waals surface area contributed by atoms with Crippen LogP contribution in [0, 0.1) is 5.41 Å². The topological polar surface area (TPSA) is 543 Å². The second-order valence-electron chi connectivity index (χ2n) is 14.4. The number of carbonyl (C=O) groups excluding carboxylic acids is 5. The van der Waals surface area contributed by atoms with Gasteiger partial charge in [0.25, 0.3) is 0 Å². The Bertz CT molecular complexity index is 2080. The first-order chi connectivity index (χ1) is 34.7. The Kier molecular flexibility index (Phi) is 35.2. The SMILES string of the molecule is CC/C=C\CC(=O)N(CN=C(N)NC(N)=NCCOC(=O)CCCC(=O)OCCN=C(N)NC(N)=NC)CN=C(N)NC(N)=NCCOC(=O)CCCC(=O)OCCN=C(N)NC(N)=NCCC(=N)N=C(C)N. The van der Waals surface area contributed by atoms with Crippen molar-refractivity contribution in [2.45, 2.75) is 71.6 Å². The maximum Gasteiger partial charge on any atom is 0.305 e. The molecule has 0 aliphatic rings. The summed E-state index contributed by atoms with van der Waals surface area (Å²) in [5.74, 6) is -2.87. The first-order valence-electron chi connectivity index (χ1n) is 22.6. The predicted molar refractivity (Wildman–Crippen MR) is 278 cm³/mol. The first kappa shape index (κ1) is 64.2. The summed E-state index contributed by atoms with van der Waals surface area (Å²) in [6.45, 7) is 2.93. The monoisotopic (exact) mass is 1030 g/mol. The summed E-state index contributed by atoms with van der Waals surface area (Å²) in [4.78, 5) is 97.9. The van der Waals surface area contributed by atoms with Crippen molar-refractivity contribution in [3.8, 4) is 0 Å². The van der Waals surface area contributed by atoms with Crippen LogP contribution in [0.15, 0.2) is 57.1 Å². The number of amides is 1. The summed E-state index contributed by atoms with van der Waals surface area (Å²) < 4.78 is 20.3. The molecule has 0 unspecified atom stereocenters. The number of amidine groups is 2. The number of carbonyl (C=O) groups is 5. The summed E-state index contributed by atoms with van der Waals surface area (Å²) in [5.41, 5.74) is 51.6.